The number of phenolic OH excluding ortho intramolecular Hbond substituents is 1. The van der Waals surface area contributed by atoms with Gasteiger partial charge in [-0.3, -0.25) is 0 Å². The number of hydrogen-bond donors (Lipinski definition) is 2. The highest BCUT2D eigenvalue weighted by Crippen LogP contribution is 2.30. The summed E-state index contributed by atoms with van der Waals surface area (Å²) in [5.74, 6) is -0.313. The summed E-state index contributed by atoms with van der Waals surface area (Å²) in [6.07, 6.45) is 2.21. The second-order valence-corrected chi connectivity index (χ2v) is 5.68. The van der Waals surface area contributed by atoms with Gasteiger partial charge in [-0.15, -0.1) is 0 Å². The van der Waals surface area contributed by atoms with Gasteiger partial charge in [0, 0.05) is 29.0 Å². The highest BCUT2D eigenvalue weighted by atomic mass is 16.5. The van der Waals surface area contributed by atoms with Gasteiger partial charge in [0.1, 0.15) is 11.3 Å². The molecule has 0 bridgehead atoms. The number of rotatable bonds is 5. The van der Waals surface area contributed by atoms with Crippen molar-refractivity contribution in [1.82, 2.24) is 9.97 Å². The molecule has 6 nitrogen and oxygen atoms in total. The lowest BCUT2D eigenvalue weighted by atomic mass is 10.1. The van der Waals surface area contributed by atoms with Gasteiger partial charge in [-0.1, -0.05) is 13.0 Å². The molecule has 6 heteroatoms. The first-order valence-electron chi connectivity index (χ1n) is 8.08. The SMILES string of the molecule is CCCOC(=O)c1cnc2nc(C)ccc2c1Nc1cccc(O)c1. The molecule has 0 saturated heterocycles. The Hall–Kier alpha value is -3.15. The number of hydrogen-bond acceptors (Lipinski definition) is 6. The summed E-state index contributed by atoms with van der Waals surface area (Å²) < 4.78 is 5.26. The minimum atomic E-state index is -0.445. The van der Waals surface area contributed by atoms with Crippen molar-refractivity contribution in [3.63, 3.8) is 0 Å². The van der Waals surface area contributed by atoms with E-state index in [1.54, 1.807) is 24.3 Å². The molecule has 0 radical (unpaired) electrons. The number of fused-ring (bicyclic) bond motifs is 1. The minimum absolute atomic E-state index is 0.132. The third-order valence-electron chi connectivity index (χ3n) is 3.64. The van der Waals surface area contributed by atoms with Crippen LogP contribution in [0.5, 0.6) is 5.75 Å². The number of aromatic hydroxyl groups is 1. The number of ether oxygens (including phenoxy) is 1. The van der Waals surface area contributed by atoms with E-state index in [2.05, 4.69) is 15.3 Å². The van der Waals surface area contributed by atoms with Gasteiger partial charge in [-0.05, 0) is 37.6 Å². The standard InChI is InChI=1S/C19H19N3O3/c1-3-9-25-19(24)16-11-20-18-15(8-7-12(2)21-18)17(16)22-13-5-4-6-14(23)10-13/h4-8,10-11,23H,3,9H2,1-2H3,(H,20,21,22). The van der Waals surface area contributed by atoms with Crippen LogP contribution in [-0.2, 0) is 4.74 Å². The van der Waals surface area contributed by atoms with Crippen LogP contribution in [0.15, 0.2) is 42.6 Å². The van der Waals surface area contributed by atoms with Crippen LogP contribution in [0.1, 0.15) is 29.4 Å². The highest BCUT2D eigenvalue weighted by molar-refractivity contribution is 6.05. The maximum atomic E-state index is 12.4. The smallest absolute Gasteiger partial charge is 0.341 e. The molecule has 3 aromatic rings. The number of pyridine rings is 2. The summed E-state index contributed by atoms with van der Waals surface area (Å²) in [4.78, 5) is 21.1. The van der Waals surface area contributed by atoms with E-state index in [1.165, 1.54) is 6.20 Å². The van der Waals surface area contributed by atoms with E-state index in [1.807, 2.05) is 26.0 Å². The number of carbonyl (C=O) groups is 1. The molecular formula is C19H19N3O3. The molecule has 0 atom stereocenters. The van der Waals surface area contributed by atoms with Crippen molar-refractivity contribution >= 4 is 28.4 Å². The number of aromatic nitrogens is 2. The topological polar surface area (TPSA) is 84.3 Å². The van der Waals surface area contributed by atoms with Crippen molar-refractivity contribution in [3.05, 3.63) is 53.9 Å². The van der Waals surface area contributed by atoms with Crippen LogP contribution in [0.25, 0.3) is 11.0 Å². The van der Waals surface area contributed by atoms with E-state index in [9.17, 15) is 9.90 Å². The summed E-state index contributed by atoms with van der Waals surface area (Å²) in [7, 11) is 0. The number of benzene rings is 1. The average Bonchev–Trinajstić information content (AvgIpc) is 2.59. The van der Waals surface area contributed by atoms with Crippen LogP contribution in [0, 0.1) is 6.92 Å². The summed E-state index contributed by atoms with van der Waals surface area (Å²) in [5, 5.41) is 13.6. The maximum absolute atomic E-state index is 12.4. The average molecular weight is 337 g/mol. The molecule has 0 aliphatic carbocycles. The second kappa shape index (κ2) is 7.17. The summed E-state index contributed by atoms with van der Waals surface area (Å²) in [5.41, 5.74) is 2.91. The molecule has 0 fully saturated rings. The molecule has 2 N–H and O–H groups in total. The lowest BCUT2D eigenvalue weighted by Crippen LogP contribution is -2.10. The van der Waals surface area contributed by atoms with E-state index in [-0.39, 0.29) is 5.75 Å². The summed E-state index contributed by atoms with van der Waals surface area (Å²) in [6.45, 7) is 4.16. The van der Waals surface area contributed by atoms with Crippen LogP contribution in [0.4, 0.5) is 11.4 Å². The van der Waals surface area contributed by atoms with E-state index in [0.29, 0.717) is 34.6 Å². The predicted octanol–water partition coefficient (Wildman–Crippen LogP) is 3.95. The monoisotopic (exact) mass is 337 g/mol. The first kappa shape index (κ1) is 16.7. The van der Waals surface area contributed by atoms with Gasteiger partial charge >= 0.3 is 5.97 Å². The van der Waals surface area contributed by atoms with Gasteiger partial charge in [0.15, 0.2) is 5.65 Å². The number of phenols is 1. The van der Waals surface area contributed by atoms with Gasteiger partial charge in [-0.25, -0.2) is 14.8 Å². The Bertz CT molecular complexity index is 925. The Morgan fingerprint density at radius 2 is 2.12 bits per heavy atom. The van der Waals surface area contributed by atoms with Crippen molar-refractivity contribution in [2.24, 2.45) is 0 Å². The molecule has 0 spiro atoms. The van der Waals surface area contributed by atoms with E-state index in [0.717, 1.165) is 12.1 Å². The fourth-order valence-corrected chi connectivity index (χ4v) is 2.46. The molecule has 25 heavy (non-hydrogen) atoms. The first-order chi connectivity index (χ1) is 12.1. The van der Waals surface area contributed by atoms with Crippen molar-refractivity contribution in [2.45, 2.75) is 20.3 Å². The van der Waals surface area contributed by atoms with Crippen LogP contribution in [0.3, 0.4) is 0 Å². The molecule has 3 rings (SSSR count). The molecule has 0 aliphatic heterocycles. The molecule has 1 aromatic carbocycles. The normalized spacial score (nSPS) is 10.6. The van der Waals surface area contributed by atoms with Gasteiger partial charge in [0.05, 0.1) is 12.3 Å². The largest absolute Gasteiger partial charge is 0.508 e. The number of anilines is 2. The number of nitrogens with zero attached hydrogens (tertiary/aromatic N) is 2. The zero-order valence-electron chi connectivity index (χ0n) is 14.1. The molecule has 0 aliphatic rings. The molecule has 2 aromatic heterocycles. The fraction of sp³-hybridized carbons (Fsp3) is 0.211. The zero-order chi connectivity index (χ0) is 17.8. The van der Waals surface area contributed by atoms with Crippen LogP contribution >= 0.6 is 0 Å². The highest BCUT2D eigenvalue weighted by Gasteiger charge is 2.18. The molecule has 0 amide bonds. The molecule has 128 valence electrons. The van der Waals surface area contributed by atoms with E-state index < -0.39 is 5.97 Å². The minimum Gasteiger partial charge on any atom is -0.508 e. The predicted molar refractivity (Wildman–Crippen MR) is 96.2 cm³/mol. The van der Waals surface area contributed by atoms with Crippen LogP contribution in [-0.4, -0.2) is 27.7 Å². The van der Waals surface area contributed by atoms with Crippen LogP contribution < -0.4 is 5.32 Å². The summed E-state index contributed by atoms with van der Waals surface area (Å²) >= 11 is 0. The van der Waals surface area contributed by atoms with Gasteiger partial charge in [-0.2, -0.15) is 0 Å². The zero-order valence-corrected chi connectivity index (χ0v) is 14.1. The van der Waals surface area contributed by atoms with Crippen molar-refractivity contribution in [2.75, 3.05) is 11.9 Å². The van der Waals surface area contributed by atoms with Crippen molar-refractivity contribution in [3.8, 4) is 5.75 Å². The van der Waals surface area contributed by atoms with Gasteiger partial charge in [0.25, 0.3) is 0 Å². The Kier molecular flexibility index (Phi) is 4.79. The Morgan fingerprint density at radius 3 is 2.88 bits per heavy atom. The number of esters is 1. The Labute approximate surface area is 145 Å². The lowest BCUT2D eigenvalue weighted by Gasteiger charge is -2.14. The summed E-state index contributed by atoms with van der Waals surface area (Å²) in [6, 6.07) is 10.4. The van der Waals surface area contributed by atoms with Crippen LogP contribution in [0.2, 0.25) is 0 Å². The van der Waals surface area contributed by atoms with Crippen molar-refractivity contribution in [1.29, 1.82) is 0 Å². The first-order valence-corrected chi connectivity index (χ1v) is 8.08. The number of aryl methyl sites for hydroxylation is 1. The maximum Gasteiger partial charge on any atom is 0.341 e. The van der Waals surface area contributed by atoms with E-state index in [4.69, 9.17) is 4.74 Å². The number of carbonyl (C=O) groups excluding carboxylic acids is 1. The lowest BCUT2D eigenvalue weighted by molar-refractivity contribution is 0.0506. The molecule has 0 saturated carbocycles. The van der Waals surface area contributed by atoms with Crippen molar-refractivity contribution < 1.29 is 14.6 Å². The molecule has 2 heterocycles. The fourth-order valence-electron chi connectivity index (χ4n) is 2.46. The quantitative estimate of drug-likeness (QED) is 0.686. The van der Waals surface area contributed by atoms with Gasteiger partial charge < -0.3 is 15.2 Å². The third kappa shape index (κ3) is 3.68. The van der Waals surface area contributed by atoms with Gasteiger partial charge in [0.2, 0.25) is 0 Å². The third-order valence-corrected chi connectivity index (χ3v) is 3.64. The molecular weight excluding hydrogens is 318 g/mol. The number of nitrogens with one attached hydrogen (secondary N) is 1. The Balaban J connectivity index is 2.11. The Morgan fingerprint density at radius 1 is 1.28 bits per heavy atom. The second-order valence-electron chi connectivity index (χ2n) is 5.68. The molecule has 0 unspecified atom stereocenters. The van der Waals surface area contributed by atoms with E-state index >= 15 is 0 Å².